The fraction of sp³-hybridized carbons (Fsp3) is 0.321. The molecule has 3 heterocycles. The predicted molar refractivity (Wildman–Crippen MR) is 162 cm³/mol. The molecule has 1 atom stereocenters. The summed E-state index contributed by atoms with van der Waals surface area (Å²) in [6.07, 6.45) is -8.53. The molecule has 1 saturated heterocycles. The number of carbonyl (C=O) groups excluding carboxylic acids is 2. The van der Waals surface area contributed by atoms with Gasteiger partial charge in [0.15, 0.2) is 10.8 Å². The average molecular weight is 750 g/mol. The minimum absolute atomic E-state index is 0.0183. The first-order chi connectivity index (χ1) is 23.4. The lowest BCUT2D eigenvalue weighted by Gasteiger charge is -2.39. The molecule has 0 radical (unpaired) electrons. The number of nitrogens with one attached hydrogen (secondary N) is 1. The third kappa shape index (κ3) is 8.67. The zero-order valence-electron chi connectivity index (χ0n) is 25.7. The Morgan fingerprint density at radius 1 is 0.960 bits per heavy atom. The van der Waals surface area contributed by atoms with Crippen LogP contribution in [0, 0.1) is 0 Å². The van der Waals surface area contributed by atoms with Crippen LogP contribution in [0.2, 0.25) is 0 Å². The van der Waals surface area contributed by atoms with Crippen molar-refractivity contribution in [3.05, 3.63) is 66.1 Å². The van der Waals surface area contributed by atoms with Crippen molar-refractivity contribution in [2.75, 3.05) is 38.7 Å². The van der Waals surface area contributed by atoms with E-state index < -0.39 is 57.0 Å². The Balaban J connectivity index is 1.40. The summed E-state index contributed by atoms with van der Waals surface area (Å²) in [5, 5.41) is 3.82. The molecule has 0 unspecified atom stereocenters. The van der Waals surface area contributed by atoms with Gasteiger partial charge in [-0.2, -0.15) is 9.29 Å². The summed E-state index contributed by atoms with van der Waals surface area (Å²) >= 11 is 1.11. The van der Waals surface area contributed by atoms with Gasteiger partial charge in [0.25, 0.3) is 0 Å². The number of anilines is 1. The lowest BCUT2D eigenvalue weighted by atomic mass is 10.1. The number of carbonyl (C=O) groups is 2. The van der Waals surface area contributed by atoms with Gasteiger partial charge in [0.1, 0.15) is 17.5 Å². The highest BCUT2D eigenvalue weighted by Crippen LogP contribution is 2.32. The number of ether oxygens (including phenoxy) is 2. The summed E-state index contributed by atoms with van der Waals surface area (Å²) < 4.78 is 112. The number of aromatic nitrogens is 3. The van der Waals surface area contributed by atoms with Gasteiger partial charge in [-0.25, -0.2) is 23.4 Å². The molecule has 1 N–H and O–H groups in total. The summed E-state index contributed by atoms with van der Waals surface area (Å²) in [7, 11) is -1.84. The van der Waals surface area contributed by atoms with Gasteiger partial charge in [-0.1, -0.05) is 23.5 Å². The highest BCUT2D eigenvalue weighted by molar-refractivity contribution is 7.89. The van der Waals surface area contributed by atoms with Crippen molar-refractivity contribution in [3.63, 3.8) is 0 Å². The molecule has 2 amide bonds. The second-order valence-electron chi connectivity index (χ2n) is 10.4. The number of hydrogen-bond acceptors (Lipinski definition) is 12. The Bertz CT molecular complexity index is 1960. The smallest absolute Gasteiger partial charge is 0.406 e. The number of benzene rings is 2. The van der Waals surface area contributed by atoms with E-state index in [4.69, 9.17) is 4.84 Å². The van der Waals surface area contributed by atoms with Crippen LogP contribution in [0.15, 0.2) is 59.6 Å². The summed E-state index contributed by atoms with van der Waals surface area (Å²) in [5.74, 6) is -2.76. The molecule has 0 bridgehead atoms. The number of alkyl halides is 6. The average Bonchev–Trinajstić information content (AvgIpc) is 3.49. The molecular formula is C28H25F6N7O7S2. The van der Waals surface area contributed by atoms with Crippen LogP contribution in [0.4, 0.5) is 31.5 Å². The maximum atomic E-state index is 13.8. The largest absolute Gasteiger partial charge is 0.573 e. The van der Waals surface area contributed by atoms with E-state index in [0.29, 0.717) is 15.4 Å². The standard InChI is InChI=1S/C28H25F6N7O7S2/c1-39(46-2)25(43)23-35-14-21-22(37-23)38-26(49-21)40-11-12-41(50(44,45)19-9-7-18(8-10-19)48-28(32,33)34)20(15-40)24(42)36-13-16-3-5-17(6-4-16)47-27(29,30)31/h3-10,14,20H,11-13,15H2,1-2H3,(H,36,42)/t20-/m1/s1. The Kier molecular flexibility index (Phi) is 10.4. The van der Waals surface area contributed by atoms with Crippen molar-refractivity contribution in [2.45, 2.75) is 30.2 Å². The van der Waals surface area contributed by atoms with E-state index >= 15 is 0 Å². The molecule has 0 saturated carbocycles. The molecule has 0 aliphatic carbocycles. The lowest BCUT2D eigenvalue weighted by molar-refractivity contribution is -0.275. The fourth-order valence-corrected chi connectivity index (χ4v) is 7.18. The molecule has 4 aromatic rings. The molecule has 50 heavy (non-hydrogen) atoms. The minimum atomic E-state index is -5.00. The zero-order chi connectivity index (χ0) is 36.4. The topological polar surface area (TPSA) is 156 Å². The highest BCUT2D eigenvalue weighted by atomic mass is 32.2. The zero-order valence-corrected chi connectivity index (χ0v) is 27.4. The molecule has 268 valence electrons. The first-order valence-corrected chi connectivity index (χ1v) is 16.4. The van der Waals surface area contributed by atoms with Gasteiger partial charge in [0.05, 0.1) is 22.9 Å². The summed E-state index contributed by atoms with van der Waals surface area (Å²) in [6, 6.07) is 6.69. The van der Waals surface area contributed by atoms with Crippen LogP contribution in [0.5, 0.6) is 11.5 Å². The van der Waals surface area contributed by atoms with E-state index in [1.165, 1.54) is 32.5 Å². The van der Waals surface area contributed by atoms with E-state index in [2.05, 4.69) is 29.7 Å². The molecule has 14 nitrogen and oxygen atoms in total. The van der Waals surface area contributed by atoms with Crippen molar-refractivity contribution < 1.29 is 58.7 Å². The molecule has 2 aromatic carbocycles. The van der Waals surface area contributed by atoms with Gasteiger partial charge in [0, 0.05) is 33.2 Å². The number of hydrogen-bond donors (Lipinski definition) is 1. The molecule has 2 aromatic heterocycles. The SMILES string of the molecule is CON(C)C(=O)c1ncc2sc(N3CCN(S(=O)(=O)c4ccc(OC(F)(F)F)cc4)[C@@H](C(=O)NCc4ccc(OC(F)(F)F)cc4)C3)nc2n1. The van der Waals surface area contributed by atoms with E-state index in [9.17, 15) is 44.3 Å². The predicted octanol–water partition coefficient (Wildman–Crippen LogP) is 3.71. The number of thiazole rings is 1. The van der Waals surface area contributed by atoms with Crippen LogP contribution < -0.4 is 19.7 Å². The maximum Gasteiger partial charge on any atom is 0.573 e. The Morgan fingerprint density at radius 3 is 2.14 bits per heavy atom. The molecule has 22 heteroatoms. The van der Waals surface area contributed by atoms with E-state index in [1.54, 1.807) is 4.90 Å². The molecule has 1 fully saturated rings. The number of fused-ring (bicyclic) bond motifs is 1. The monoisotopic (exact) mass is 749 g/mol. The van der Waals surface area contributed by atoms with E-state index in [0.717, 1.165) is 57.1 Å². The van der Waals surface area contributed by atoms with E-state index in [-0.39, 0.29) is 37.7 Å². The second-order valence-corrected chi connectivity index (χ2v) is 13.3. The van der Waals surface area contributed by atoms with Gasteiger partial charge in [0.2, 0.25) is 21.8 Å². The number of hydroxylamine groups is 2. The second kappa shape index (κ2) is 14.2. The summed E-state index contributed by atoms with van der Waals surface area (Å²) in [4.78, 5) is 44.8. The quantitative estimate of drug-likeness (QED) is 0.186. The lowest BCUT2D eigenvalue weighted by Crippen LogP contribution is -2.60. The summed E-state index contributed by atoms with van der Waals surface area (Å²) in [6.45, 7) is -0.703. The Labute approximate surface area is 283 Å². The third-order valence-electron chi connectivity index (χ3n) is 7.08. The third-order valence-corrected chi connectivity index (χ3v) is 10.0. The highest BCUT2D eigenvalue weighted by Gasteiger charge is 2.41. The number of nitrogens with zero attached hydrogens (tertiary/aromatic N) is 6. The normalized spacial score (nSPS) is 15.9. The molecule has 1 aliphatic rings. The number of sulfonamides is 1. The van der Waals surface area contributed by atoms with Crippen molar-refractivity contribution >= 4 is 48.7 Å². The summed E-state index contributed by atoms with van der Waals surface area (Å²) in [5.41, 5.74) is 0.521. The number of amides is 2. The van der Waals surface area contributed by atoms with Gasteiger partial charge in [-0.15, -0.1) is 26.3 Å². The van der Waals surface area contributed by atoms with Crippen LogP contribution >= 0.6 is 11.3 Å². The van der Waals surface area contributed by atoms with Crippen molar-refractivity contribution in [2.24, 2.45) is 0 Å². The number of halogens is 6. The Morgan fingerprint density at radius 2 is 1.56 bits per heavy atom. The van der Waals surface area contributed by atoms with Gasteiger partial charge >= 0.3 is 18.6 Å². The van der Waals surface area contributed by atoms with Crippen LogP contribution in [0.3, 0.4) is 0 Å². The van der Waals surface area contributed by atoms with Gasteiger partial charge in [-0.05, 0) is 42.0 Å². The Hall–Kier alpha value is -4.80. The van der Waals surface area contributed by atoms with E-state index in [1.807, 2.05) is 0 Å². The first-order valence-electron chi connectivity index (χ1n) is 14.1. The molecule has 5 rings (SSSR count). The first kappa shape index (κ1) is 36.5. The van der Waals surface area contributed by atoms with Crippen LogP contribution in [-0.2, 0) is 26.2 Å². The maximum absolute atomic E-state index is 13.8. The fourth-order valence-electron chi connectivity index (χ4n) is 4.69. The van der Waals surface area contributed by atoms with Crippen molar-refractivity contribution in [1.82, 2.24) is 29.6 Å². The molecule has 1 aliphatic heterocycles. The number of piperazine rings is 1. The van der Waals surface area contributed by atoms with Gasteiger partial charge < -0.3 is 19.7 Å². The molecular weight excluding hydrogens is 724 g/mol. The van der Waals surface area contributed by atoms with Crippen LogP contribution in [-0.4, -0.2) is 97.1 Å². The van der Waals surface area contributed by atoms with Gasteiger partial charge in [-0.3, -0.25) is 14.4 Å². The van der Waals surface area contributed by atoms with Crippen molar-refractivity contribution in [1.29, 1.82) is 0 Å². The van der Waals surface area contributed by atoms with Crippen molar-refractivity contribution in [3.8, 4) is 11.5 Å². The van der Waals surface area contributed by atoms with Crippen LogP contribution in [0.25, 0.3) is 10.3 Å². The van der Waals surface area contributed by atoms with Crippen LogP contribution in [0.1, 0.15) is 16.2 Å². The minimum Gasteiger partial charge on any atom is -0.406 e. The number of rotatable bonds is 10. The molecule has 0 spiro atoms.